The summed E-state index contributed by atoms with van der Waals surface area (Å²) in [6, 6.07) is 3.76. The van der Waals surface area contributed by atoms with E-state index in [1.54, 1.807) is 4.90 Å². The zero-order chi connectivity index (χ0) is 28.5. The molecule has 2 N–H and O–H groups in total. The van der Waals surface area contributed by atoms with Crippen LogP contribution in [0.5, 0.6) is 0 Å². The van der Waals surface area contributed by atoms with Gasteiger partial charge in [0.05, 0.1) is 24.3 Å². The molecule has 1 aliphatic carbocycles. The van der Waals surface area contributed by atoms with Crippen LogP contribution in [-0.4, -0.2) is 65.0 Å². The maximum Gasteiger partial charge on any atom is 0.416 e. The number of hydrogen-bond donors (Lipinski definition) is 2. The van der Waals surface area contributed by atoms with Gasteiger partial charge in [-0.15, -0.1) is 11.3 Å². The topological polar surface area (TPSA) is 101 Å². The van der Waals surface area contributed by atoms with E-state index in [9.17, 15) is 27.6 Å². The molecule has 1 aliphatic heterocycles. The molecule has 0 unspecified atom stereocenters. The van der Waals surface area contributed by atoms with Crippen LogP contribution in [0.2, 0.25) is 0 Å². The summed E-state index contributed by atoms with van der Waals surface area (Å²) in [5, 5.41) is 7.82. The summed E-state index contributed by atoms with van der Waals surface area (Å²) in [6.45, 7) is 6.59. The van der Waals surface area contributed by atoms with E-state index >= 15 is 0 Å². The van der Waals surface area contributed by atoms with Crippen molar-refractivity contribution in [3.8, 4) is 11.3 Å². The molecule has 2 aromatic rings. The molecule has 2 aliphatic rings. The molecular weight excluding hydrogens is 533 g/mol. The average molecular weight is 567 g/mol. The number of carbonyl (C=O) groups is 3. The first-order valence-electron chi connectivity index (χ1n) is 12.9. The number of thiazole rings is 1. The summed E-state index contributed by atoms with van der Waals surface area (Å²) in [4.78, 5) is 44.8. The SMILES string of the molecule is COC(=O)[C@@H]1C[C@H](NC(C)(C)C)CC[C@@H]1N1CC[C@H](NC(=O)c2nc(-c3cccc(C(F)(F)F)c3)cs2)C1=O. The Kier molecular flexibility index (Phi) is 8.36. The van der Waals surface area contributed by atoms with Gasteiger partial charge in [-0.25, -0.2) is 4.98 Å². The lowest BCUT2D eigenvalue weighted by molar-refractivity contribution is -0.151. The first kappa shape index (κ1) is 29.0. The first-order chi connectivity index (χ1) is 18.3. The number of amides is 2. The van der Waals surface area contributed by atoms with E-state index in [1.807, 2.05) is 0 Å². The number of halogens is 3. The summed E-state index contributed by atoms with van der Waals surface area (Å²) < 4.78 is 44.3. The monoisotopic (exact) mass is 566 g/mol. The predicted molar refractivity (Wildman–Crippen MR) is 140 cm³/mol. The standard InChI is InChI=1S/C27H33F3N4O4S/c1-26(2,3)33-17-8-9-21(18(13-17)25(37)38-4)34-11-10-19(24(34)36)31-22(35)23-32-20(14-39-23)15-6-5-7-16(12-15)27(28,29)30/h5-7,12,14,17-19,21,33H,8-11,13H2,1-4H3,(H,31,35)/t17-,18-,19+,21+/m1/s1. The van der Waals surface area contributed by atoms with Gasteiger partial charge in [0, 0.05) is 35.1 Å². The highest BCUT2D eigenvalue weighted by Crippen LogP contribution is 2.34. The van der Waals surface area contributed by atoms with Gasteiger partial charge in [-0.1, -0.05) is 12.1 Å². The molecule has 0 radical (unpaired) electrons. The molecule has 1 aromatic heterocycles. The number of alkyl halides is 3. The molecule has 2 heterocycles. The molecule has 1 saturated carbocycles. The number of methoxy groups -OCH3 is 1. The third-order valence-corrected chi connectivity index (χ3v) is 7.93. The van der Waals surface area contributed by atoms with E-state index in [-0.39, 0.29) is 45.8 Å². The van der Waals surface area contributed by atoms with Crippen molar-refractivity contribution in [3.63, 3.8) is 0 Å². The molecule has 12 heteroatoms. The molecule has 2 amide bonds. The first-order valence-corrected chi connectivity index (χ1v) is 13.7. The highest BCUT2D eigenvalue weighted by atomic mass is 32.1. The zero-order valence-electron chi connectivity index (χ0n) is 22.3. The van der Waals surface area contributed by atoms with Crippen LogP contribution in [0.1, 0.15) is 61.8 Å². The van der Waals surface area contributed by atoms with Crippen molar-refractivity contribution in [2.75, 3.05) is 13.7 Å². The van der Waals surface area contributed by atoms with E-state index in [2.05, 4.69) is 36.4 Å². The lowest BCUT2D eigenvalue weighted by Crippen LogP contribution is -2.55. The van der Waals surface area contributed by atoms with Crippen molar-refractivity contribution in [2.45, 2.75) is 76.3 Å². The molecule has 212 valence electrons. The van der Waals surface area contributed by atoms with E-state index in [4.69, 9.17) is 4.74 Å². The van der Waals surface area contributed by atoms with Crippen molar-refractivity contribution >= 4 is 29.1 Å². The van der Waals surface area contributed by atoms with Crippen LogP contribution in [0.15, 0.2) is 29.6 Å². The Hall–Kier alpha value is -2.99. The van der Waals surface area contributed by atoms with Gasteiger partial charge in [0.15, 0.2) is 5.01 Å². The molecule has 2 fully saturated rings. The van der Waals surface area contributed by atoms with Gasteiger partial charge in [0.25, 0.3) is 5.91 Å². The van der Waals surface area contributed by atoms with Crippen molar-refractivity contribution < 1.29 is 32.3 Å². The minimum absolute atomic E-state index is 0.0508. The summed E-state index contributed by atoms with van der Waals surface area (Å²) in [7, 11) is 1.34. The van der Waals surface area contributed by atoms with Crippen molar-refractivity contribution in [1.29, 1.82) is 0 Å². The number of likely N-dealkylation sites (tertiary alicyclic amines) is 1. The Balaban J connectivity index is 1.42. The normalized spacial score (nSPS) is 24.1. The average Bonchev–Trinajstić information content (AvgIpc) is 3.50. The third-order valence-electron chi connectivity index (χ3n) is 7.08. The maximum atomic E-state index is 13.3. The fourth-order valence-electron chi connectivity index (χ4n) is 5.43. The van der Waals surface area contributed by atoms with E-state index in [1.165, 1.54) is 24.6 Å². The molecule has 39 heavy (non-hydrogen) atoms. The number of esters is 1. The van der Waals surface area contributed by atoms with Gasteiger partial charge < -0.3 is 20.3 Å². The Morgan fingerprint density at radius 1 is 1.15 bits per heavy atom. The number of ether oxygens (including phenoxy) is 1. The van der Waals surface area contributed by atoms with Crippen molar-refractivity contribution in [1.82, 2.24) is 20.5 Å². The highest BCUT2D eigenvalue weighted by Gasteiger charge is 2.45. The van der Waals surface area contributed by atoms with E-state index in [0.29, 0.717) is 25.8 Å². The molecular formula is C27H33F3N4O4S. The fourth-order valence-corrected chi connectivity index (χ4v) is 6.16. The molecule has 0 bridgehead atoms. The molecule has 8 nitrogen and oxygen atoms in total. The second kappa shape index (κ2) is 11.2. The molecule has 4 atom stereocenters. The number of hydrogen-bond acceptors (Lipinski definition) is 7. The number of nitrogens with one attached hydrogen (secondary N) is 2. The zero-order valence-corrected chi connectivity index (χ0v) is 23.1. The largest absolute Gasteiger partial charge is 0.469 e. The lowest BCUT2D eigenvalue weighted by Gasteiger charge is -2.41. The second-order valence-corrected chi connectivity index (χ2v) is 11.9. The third kappa shape index (κ3) is 6.78. The Labute approximate surface area is 229 Å². The number of aromatic nitrogens is 1. The van der Waals surface area contributed by atoms with Crippen LogP contribution in [0.3, 0.4) is 0 Å². The fraction of sp³-hybridized carbons (Fsp3) is 0.556. The Morgan fingerprint density at radius 2 is 1.90 bits per heavy atom. The molecule has 1 saturated heterocycles. The predicted octanol–water partition coefficient (Wildman–Crippen LogP) is 4.26. The molecule has 0 spiro atoms. The lowest BCUT2D eigenvalue weighted by atomic mass is 9.80. The maximum absolute atomic E-state index is 13.3. The van der Waals surface area contributed by atoms with Gasteiger partial charge in [0.2, 0.25) is 5.91 Å². The Bertz CT molecular complexity index is 1230. The van der Waals surface area contributed by atoms with Crippen LogP contribution in [0, 0.1) is 5.92 Å². The van der Waals surface area contributed by atoms with Crippen LogP contribution in [0.25, 0.3) is 11.3 Å². The number of nitrogens with zero attached hydrogens (tertiary/aromatic N) is 2. The number of benzene rings is 1. The van der Waals surface area contributed by atoms with Gasteiger partial charge in [-0.2, -0.15) is 13.2 Å². The number of rotatable bonds is 6. The van der Waals surface area contributed by atoms with Crippen LogP contribution in [0.4, 0.5) is 13.2 Å². The summed E-state index contributed by atoms with van der Waals surface area (Å²) >= 11 is 0.994. The minimum atomic E-state index is -4.49. The smallest absolute Gasteiger partial charge is 0.416 e. The summed E-state index contributed by atoms with van der Waals surface area (Å²) in [5.74, 6) is -1.67. The van der Waals surface area contributed by atoms with Crippen LogP contribution < -0.4 is 10.6 Å². The van der Waals surface area contributed by atoms with Crippen molar-refractivity contribution in [2.24, 2.45) is 5.92 Å². The van der Waals surface area contributed by atoms with Gasteiger partial charge in [-0.3, -0.25) is 14.4 Å². The van der Waals surface area contributed by atoms with Crippen molar-refractivity contribution in [3.05, 3.63) is 40.2 Å². The van der Waals surface area contributed by atoms with E-state index in [0.717, 1.165) is 29.9 Å². The minimum Gasteiger partial charge on any atom is -0.469 e. The van der Waals surface area contributed by atoms with Crippen LogP contribution >= 0.6 is 11.3 Å². The van der Waals surface area contributed by atoms with Gasteiger partial charge in [0.1, 0.15) is 6.04 Å². The Morgan fingerprint density at radius 3 is 2.56 bits per heavy atom. The van der Waals surface area contributed by atoms with Crippen LogP contribution in [-0.2, 0) is 20.5 Å². The van der Waals surface area contributed by atoms with E-state index < -0.39 is 29.6 Å². The second-order valence-electron chi connectivity index (χ2n) is 11.1. The summed E-state index contributed by atoms with van der Waals surface area (Å²) in [6.07, 6.45) is -2.13. The highest BCUT2D eigenvalue weighted by molar-refractivity contribution is 7.12. The molecule has 1 aromatic carbocycles. The number of carbonyl (C=O) groups excluding carboxylic acids is 3. The quantitative estimate of drug-likeness (QED) is 0.507. The summed E-state index contributed by atoms with van der Waals surface area (Å²) in [5.41, 5.74) is -0.427. The van der Waals surface area contributed by atoms with Gasteiger partial charge >= 0.3 is 12.1 Å². The van der Waals surface area contributed by atoms with Gasteiger partial charge in [-0.05, 0) is 58.6 Å². The molecule has 4 rings (SSSR count).